The molecular formula is C21H20ClN5O3. The topological polar surface area (TPSA) is 95.2 Å². The summed E-state index contributed by atoms with van der Waals surface area (Å²) >= 11 is 6.34. The molecule has 8 nitrogen and oxygen atoms in total. The van der Waals surface area contributed by atoms with Gasteiger partial charge in [-0.05, 0) is 25.1 Å². The number of rotatable bonds is 8. The smallest absolute Gasteiger partial charge is 0.303 e. The van der Waals surface area contributed by atoms with Crippen LogP contribution < -0.4 is 9.47 Å². The lowest BCUT2D eigenvalue weighted by Crippen LogP contribution is -2.08. The maximum atomic E-state index is 8.94. The van der Waals surface area contributed by atoms with Crippen LogP contribution in [-0.2, 0) is 6.61 Å². The molecule has 0 aliphatic carbocycles. The molecule has 0 bridgehead atoms. The standard InChI is InChI=1S/C21H20ClN5O3/c1-14-17(24-8-7-19(14)29-10-4-9-28)12-30-21-26-16-5-2-3-6-18(16)27(21)20-15(22)11-23-13-25-20/h2-3,5-8,11,13,28H,4,9-10,12H2,1H3. The third-order valence-electron chi connectivity index (χ3n) is 4.55. The molecule has 0 aliphatic rings. The van der Waals surface area contributed by atoms with Crippen LogP contribution in [0.5, 0.6) is 11.8 Å². The molecule has 0 amide bonds. The second-order valence-electron chi connectivity index (χ2n) is 6.51. The molecule has 0 spiro atoms. The van der Waals surface area contributed by atoms with Gasteiger partial charge in [0, 0.05) is 24.8 Å². The molecule has 4 aromatic rings. The minimum atomic E-state index is 0.0852. The van der Waals surface area contributed by atoms with Gasteiger partial charge in [-0.15, -0.1) is 0 Å². The summed E-state index contributed by atoms with van der Waals surface area (Å²) in [5, 5.41) is 9.33. The van der Waals surface area contributed by atoms with Gasteiger partial charge in [0.1, 0.15) is 23.7 Å². The zero-order valence-electron chi connectivity index (χ0n) is 16.3. The number of halogens is 1. The number of nitrogens with zero attached hydrogens (tertiary/aromatic N) is 5. The highest BCUT2D eigenvalue weighted by Gasteiger charge is 2.18. The van der Waals surface area contributed by atoms with Crippen LogP contribution in [0.1, 0.15) is 17.7 Å². The van der Waals surface area contributed by atoms with Gasteiger partial charge in [-0.2, -0.15) is 4.98 Å². The van der Waals surface area contributed by atoms with Crippen LogP contribution in [-0.4, -0.2) is 42.8 Å². The van der Waals surface area contributed by atoms with Crippen LogP contribution in [0.3, 0.4) is 0 Å². The molecule has 30 heavy (non-hydrogen) atoms. The van der Waals surface area contributed by atoms with Gasteiger partial charge in [0.25, 0.3) is 0 Å². The van der Waals surface area contributed by atoms with Gasteiger partial charge in [-0.1, -0.05) is 23.7 Å². The lowest BCUT2D eigenvalue weighted by atomic mass is 10.2. The lowest BCUT2D eigenvalue weighted by Gasteiger charge is -2.13. The lowest BCUT2D eigenvalue weighted by molar-refractivity contribution is 0.231. The van der Waals surface area contributed by atoms with Crippen molar-refractivity contribution in [1.29, 1.82) is 0 Å². The Morgan fingerprint density at radius 3 is 2.83 bits per heavy atom. The summed E-state index contributed by atoms with van der Waals surface area (Å²) in [5.74, 6) is 1.20. The van der Waals surface area contributed by atoms with Crippen molar-refractivity contribution in [2.24, 2.45) is 0 Å². The predicted molar refractivity (Wildman–Crippen MR) is 112 cm³/mol. The Morgan fingerprint density at radius 2 is 2.00 bits per heavy atom. The van der Waals surface area contributed by atoms with E-state index in [4.69, 9.17) is 26.2 Å². The van der Waals surface area contributed by atoms with Gasteiger partial charge in [0.05, 0.1) is 29.5 Å². The number of aliphatic hydroxyl groups excluding tert-OH is 1. The number of imidazole rings is 1. The fraction of sp³-hybridized carbons (Fsp3) is 0.238. The van der Waals surface area contributed by atoms with Crippen LogP contribution in [0.25, 0.3) is 16.9 Å². The molecule has 0 fully saturated rings. The number of hydrogen-bond donors (Lipinski definition) is 1. The first-order chi connectivity index (χ1) is 14.7. The van der Waals surface area contributed by atoms with Gasteiger partial charge in [0.2, 0.25) is 0 Å². The van der Waals surface area contributed by atoms with Crippen LogP contribution in [0.4, 0.5) is 0 Å². The Balaban J connectivity index is 1.65. The molecule has 0 saturated carbocycles. The van der Waals surface area contributed by atoms with E-state index < -0.39 is 0 Å². The Morgan fingerprint density at radius 1 is 1.13 bits per heavy atom. The molecule has 3 aromatic heterocycles. The summed E-state index contributed by atoms with van der Waals surface area (Å²) in [6, 6.07) is 9.79. The Kier molecular flexibility index (Phi) is 6.06. The van der Waals surface area contributed by atoms with E-state index in [1.54, 1.807) is 16.8 Å². The predicted octanol–water partition coefficient (Wildman–Crippen LogP) is 3.51. The summed E-state index contributed by atoms with van der Waals surface area (Å²) in [4.78, 5) is 17.3. The minimum absolute atomic E-state index is 0.0852. The van der Waals surface area contributed by atoms with Gasteiger partial charge in [0.15, 0.2) is 5.82 Å². The quantitative estimate of drug-likeness (QED) is 0.431. The zero-order chi connectivity index (χ0) is 20.9. The molecule has 0 aliphatic heterocycles. The van der Waals surface area contributed by atoms with Gasteiger partial charge in [-0.25, -0.2) is 14.5 Å². The number of fused-ring (bicyclic) bond motifs is 1. The van der Waals surface area contributed by atoms with Crippen molar-refractivity contribution in [2.45, 2.75) is 20.0 Å². The monoisotopic (exact) mass is 425 g/mol. The fourth-order valence-corrected chi connectivity index (χ4v) is 3.21. The van der Waals surface area contributed by atoms with Crippen LogP contribution in [0, 0.1) is 6.92 Å². The highest BCUT2D eigenvalue weighted by Crippen LogP contribution is 2.29. The molecule has 9 heteroatoms. The van der Waals surface area contributed by atoms with Crippen molar-refractivity contribution in [1.82, 2.24) is 24.5 Å². The van der Waals surface area contributed by atoms with Gasteiger partial charge >= 0.3 is 6.01 Å². The highest BCUT2D eigenvalue weighted by atomic mass is 35.5. The van der Waals surface area contributed by atoms with E-state index in [1.165, 1.54) is 12.5 Å². The van der Waals surface area contributed by atoms with E-state index in [2.05, 4.69) is 19.9 Å². The normalized spacial score (nSPS) is 11.0. The number of aliphatic hydroxyl groups is 1. The molecule has 0 saturated heterocycles. The van der Waals surface area contributed by atoms with Gasteiger partial charge in [-0.3, -0.25) is 4.98 Å². The first kappa shape index (κ1) is 20.1. The van der Waals surface area contributed by atoms with E-state index in [1.807, 2.05) is 31.2 Å². The fourth-order valence-electron chi connectivity index (χ4n) is 3.02. The maximum absolute atomic E-state index is 8.94. The van der Waals surface area contributed by atoms with E-state index in [9.17, 15) is 0 Å². The van der Waals surface area contributed by atoms with Crippen molar-refractivity contribution in [3.63, 3.8) is 0 Å². The third-order valence-corrected chi connectivity index (χ3v) is 4.81. The average molecular weight is 426 g/mol. The molecule has 154 valence electrons. The molecule has 0 atom stereocenters. The van der Waals surface area contributed by atoms with E-state index in [0.29, 0.717) is 35.6 Å². The molecule has 0 unspecified atom stereocenters. The summed E-state index contributed by atoms with van der Waals surface area (Å²) in [7, 11) is 0. The number of pyridine rings is 1. The van der Waals surface area contributed by atoms with Gasteiger partial charge < -0.3 is 14.6 Å². The molecule has 4 rings (SSSR count). The highest BCUT2D eigenvalue weighted by molar-refractivity contribution is 6.32. The third kappa shape index (κ3) is 4.05. The van der Waals surface area contributed by atoms with Crippen LogP contribution in [0.15, 0.2) is 49.1 Å². The van der Waals surface area contributed by atoms with E-state index in [0.717, 1.165) is 22.3 Å². The summed E-state index contributed by atoms with van der Waals surface area (Å²) in [6.07, 6.45) is 5.20. The van der Waals surface area contributed by atoms with Crippen LogP contribution >= 0.6 is 11.6 Å². The molecule has 1 aromatic carbocycles. The number of para-hydroxylation sites is 2. The van der Waals surface area contributed by atoms with Crippen LogP contribution in [0.2, 0.25) is 5.02 Å². The average Bonchev–Trinajstić information content (AvgIpc) is 3.13. The van der Waals surface area contributed by atoms with E-state index >= 15 is 0 Å². The minimum Gasteiger partial charge on any atom is -0.493 e. The number of ether oxygens (including phenoxy) is 2. The van der Waals surface area contributed by atoms with Crippen molar-refractivity contribution in [3.05, 3.63) is 65.3 Å². The van der Waals surface area contributed by atoms with Crippen molar-refractivity contribution in [3.8, 4) is 17.6 Å². The number of aromatic nitrogens is 5. The summed E-state index contributed by atoms with van der Waals surface area (Å²) in [5.41, 5.74) is 3.17. The number of benzene rings is 1. The zero-order valence-corrected chi connectivity index (χ0v) is 17.1. The molecular weight excluding hydrogens is 406 g/mol. The first-order valence-electron chi connectivity index (χ1n) is 9.43. The Labute approximate surface area is 178 Å². The summed E-state index contributed by atoms with van der Waals surface area (Å²) in [6.45, 7) is 2.63. The first-order valence-corrected chi connectivity index (χ1v) is 9.81. The molecule has 3 heterocycles. The Hall–Kier alpha value is -3.23. The SMILES string of the molecule is Cc1c(OCCCO)ccnc1COc1nc2ccccc2n1-c1ncncc1Cl. The maximum Gasteiger partial charge on any atom is 0.303 e. The summed E-state index contributed by atoms with van der Waals surface area (Å²) < 4.78 is 13.5. The van der Waals surface area contributed by atoms with E-state index in [-0.39, 0.29) is 13.2 Å². The van der Waals surface area contributed by atoms with Crippen molar-refractivity contribution in [2.75, 3.05) is 13.2 Å². The van der Waals surface area contributed by atoms with Crippen molar-refractivity contribution >= 4 is 22.6 Å². The second-order valence-corrected chi connectivity index (χ2v) is 6.92. The molecule has 1 N–H and O–H groups in total. The largest absolute Gasteiger partial charge is 0.493 e. The Bertz CT molecular complexity index is 1160. The molecule has 0 radical (unpaired) electrons. The second kappa shape index (κ2) is 9.06. The number of hydrogen-bond acceptors (Lipinski definition) is 7. The van der Waals surface area contributed by atoms with Crippen molar-refractivity contribution < 1.29 is 14.6 Å².